The number of methoxy groups -OCH3 is 1. The van der Waals surface area contributed by atoms with E-state index in [1.807, 2.05) is 48.5 Å². The number of benzene rings is 2. The first-order valence-corrected chi connectivity index (χ1v) is 9.52. The molecular formula is C19H17ClN2O4S. The highest BCUT2D eigenvalue weighted by Gasteiger charge is 2.14. The van der Waals surface area contributed by atoms with Crippen LogP contribution in [0.25, 0.3) is 11.4 Å². The summed E-state index contributed by atoms with van der Waals surface area (Å²) < 4.78 is 15.6. The first kappa shape index (κ1) is 19.3. The molecule has 0 fully saturated rings. The second kappa shape index (κ2) is 9.43. The normalized spacial score (nSPS) is 10.6. The molecule has 0 amide bonds. The highest BCUT2D eigenvalue weighted by atomic mass is 35.5. The molecule has 0 aliphatic carbocycles. The molecule has 3 aromatic rings. The Bertz CT molecular complexity index is 916. The van der Waals surface area contributed by atoms with Crippen molar-refractivity contribution >= 4 is 29.3 Å². The number of rotatable bonds is 8. The molecule has 1 heterocycles. The topological polar surface area (TPSA) is 74.5 Å². The quantitative estimate of drug-likeness (QED) is 0.400. The van der Waals surface area contributed by atoms with Gasteiger partial charge in [0.2, 0.25) is 5.82 Å². The Labute approximate surface area is 165 Å². The van der Waals surface area contributed by atoms with Gasteiger partial charge in [-0.2, -0.15) is 4.98 Å². The minimum absolute atomic E-state index is 0.0717. The Morgan fingerprint density at radius 2 is 1.96 bits per heavy atom. The summed E-state index contributed by atoms with van der Waals surface area (Å²) in [5.74, 6) is 1.47. The molecule has 0 saturated heterocycles. The Morgan fingerprint density at radius 3 is 2.78 bits per heavy atom. The van der Waals surface area contributed by atoms with Crippen molar-refractivity contribution in [2.24, 2.45) is 0 Å². The SMILES string of the molecule is COc1ccccc1-c1noc(COC(=O)CCSc2ccccc2Cl)n1. The molecule has 6 nitrogen and oxygen atoms in total. The number of ether oxygens (including phenoxy) is 2. The van der Waals surface area contributed by atoms with Crippen LogP contribution in [0.15, 0.2) is 57.9 Å². The molecule has 3 rings (SSSR count). The number of para-hydroxylation sites is 1. The molecule has 0 saturated carbocycles. The average Bonchev–Trinajstić information content (AvgIpc) is 3.17. The van der Waals surface area contributed by atoms with Gasteiger partial charge in [0, 0.05) is 10.6 Å². The van der Waals surface area contributed by atoms with E-state index in [9.17, 15) is 4.79 Å². The summed E-state index contributed by atoms with van der Waals surface area (Å²) in [5, 5.41) is 4.58. The van der Waals surface area contributed by atoms with Crippen LogP contribution in [-0.4, -0.2) is 29.0 Å². The summed E-state index contributed by atoms with van der Waals surface area (Å²) >= 11 is 7.59. The molecule has 0 N–H and O–H groups in total. The molecule has 27 heavy (non-hydrogen) atoms. The van der Waals surface area contributed by atoms with Gasteiger partial charge in [0.15, 0.2) is 6.61 Å². The lowest BCUT2D eigenvalue weighted by Crippen LogP contribution is -2.05. The standard InChI is InChI=1S/C19H17ClN2O4S/c1-24-15-8-4-2-6-13(15)19-21-17(26-22-19)12-25-18(23)10-11-27-16-9-5-3-7-14(16)20/h2-9H,10-12H2,1H3. The van der Waals surface area contributed by atoms with E-state index in [1.165, 1.54) is 11.8 Å². The second-order valence-corrected chi connectivity index (χ2v) is 6.95. The van der Waals surface area contributed by atoms with Crippen molar-refractivity contribution in [3.05, 3.63) is 59.4 Å². The van der Waals surface area contributed by atoms with Gasteiger partial charge in [-0.1, -0.05) is 41.0 Å². The van der Waals surface area contributed by atoms with E-state index in [0.717, 1.165) is 4.90 Å². The zero-order chi connectivity index (χ0) is 19.1. The fraction of sp³-hybridized carbons (Fsp3) is 0.211. The van der Waals surface area contributed by atoms with Gasteiger partial charge in [0.05, 0.1) is 24.1 Å². The van der Waals surface area contributed by atoms with Crippen LogP contribution in [0.4, 0.5) is 0 Å². The lowest BCUT2D eigenvalue weighted by atomic mass is 10.2. The summed E-state index contributed by atoms with van der Waals surface area (Å²) in [5.41, 5.74) is 0.706. The molecule has 140 valence electrons. The summed E-state index contributed by atoms with van der Waals surface area (Å²) in [4.78, 5) is 17.1. The number of carbonyl (C=O) groups is 1. The lowest BCUT2D eigenvalue weighted by molar-refractivity contribution is -0.145. The second-order valence-electron chi connectivity index (χ2n) is 5.40. The Kier molecular flexibility index (Phi) is 6.73. The summed E-state index contributed by atoms with van der Waals surface area (Å²) in [6, 6.07) is 14.8. The van der Waals surface area contributed by atoms with E-state index in [2.05, 4.69) is 10.1 Å². The third-order valence-corrected chi connectivity index (χ3v) is 5.09. The van der Waals surface area contributed by atoms with Crippen LogP contribution in [0.3, 0.4) is 0 Å². The fourth-order valence-corrected chi connectivity index (χ4v) is 3.44. The number of nitrogens with zero attached hydrogens (tertiary/aromatic N) is 2. The maximum absolute atomic E-state index is 11.9. The van der Waals surface area contributed by atoms with Crippen LogP contribution in [0, 0.1) is 0 Å². The molecular weight excluding hydrogens is 388 g/mol. The molecule has 0 bridgehead atoms. The van der Waals surface area contributed by atoms with Gasteiger partial charge in [0.1, 0.15) is 5.75 Å². The first-order valence-electron chi connectivity index (χ1n) is 8.16. The Balaban J connectivity index is 1.48. The molecule has 0 unspecified atom stereocenters. The molecule has 0 aliphatic rings. The number of halogens is 1. The zero-order valence-electron chi connectivity index (χ0n) is 14.6. The van der Waals surface area contributed by atoms with Crippen molar-refractivity contribution in [1.29, 1.82) is 0 Å². The maximum atomic E-state index is 11.9. The van der Waals surface area contributed by atoms with Crippen molar-refractivity contribution in [1.82, 2.24) is 10.1 Å². The predicted molar refractivity (Wildman–Crippen MR) is 103 cm³/mol. The summed E-state index contributed by atoms with van der Waals surface area (Å²) in [7, 11) is 1.57. The van der Waals surface area contributed by atoms with Crippen LogP contribution in [0.2, 0.25) is 5.02 Å². The van der Waals surface area contributed by atoms with Gasteiger partial charge in [-0.25, -0.2) is 0 Å². The van der Waals surface area contributed by atoms with E-state index < -0.39 is 0 Å². The van der Waals surface area contributed by atoms with Gasteiger partial charge >= 0.3 is 5.97 Å². The molecule has 0 radical (unpaired) electrons. The Hall–Kier alpha value is -2.51. The minimum atomic E-state index is -0.341. The number of esters is 1. The largest absolute Gasteiger partial charge is 0.496 e. The van der Waals surface area contributed by atoms with Gasteiger partial charge in [-0.3, -0.25) is 4.79 Å². The van der Waals surface area contributed by atoms with Gasteiger partial charge in [-0.05, 0) is 24.3 Å². The van der Waals surface area contributed by atoms with Crippen molar-refractivity contribution < 1.29 is 18.8 Å². The fourth-order valence-electron chi connectivity index (χ4n) is 2.27. The minimum Gasteiger partial charge on any atom is -0.496 e. The van der Waals surface area contributed by atoms with Crippen LogP contribution in [0.5, 0.6) is 5.75 Å². The number of carbonyl (C=O) groups excluding carboxylic acids is 1. The van der Waals surface area contributed by atoms with Crippen LogP contribution in [0.1, 0.15) is 12.3 Å². The van der Waals surface area contributed by atoms with Crippen molar-refractivity contribution in [2.45, 2.75) is 17.9 Å². The molecule has 0 aliphatic heterocycles. The van der Waals surface area contributed by atoms with E-state index >= 15 is 0 Å². The Morgan fingerprint density at radius 1 is 1.19 bits per heavy atom. The van der Waals surface area contributed by atoms with Crippen molar-refractivity contribution in [3.63, 3.8) is 0 Å². The molecule has 8 heteroatoms. The molecule has 1 aromatic heterocycles. The lowest BCUT2D eigenvalue weighted by Gasteiger charge is -2.04. The third-order valence-electron chi connectivity index (χ3n) is 3.57. The van der Waals surface area contributed by atoms with Gasteiger partial charge < -0.3 is 14.0 Å². The number of hydrogen-bond acceptors (Lipinski definition) is 7. The van der Waals surface area contributed by atoms with Crippen molar-refractivity contribution in [3.8, 4) is 17.1 Å². The number of thioether (sulfide) groups is 1. The predicted octanol–water partition coefficient (Wildman–Crippen LogP) is 4.62. The van der Waals surface area contributed by atoms with Crippen LogP contribution in [-0.2, 0) is 16.1 Å². The highest BCUT2D eigenvalue weighted by molar-refractivity contribution is 7.99. The smallest absolute Gasteiger partial charge is 0.307 e. The van der Waals surface area contributed by atoms with Gasteiger partial charge in [0.25, 0.3) is 5.89 Å². The number of aromatic nitrogens is 2. The van der Waals surface area contributed by atoms with E-state index in [0.29, 0.717) is 27.9 Å². The molecule has 0 spiro atoms. The summed E-state index contributed by atoms with van der Waals surface area (Å²) in [6.45, 7) is -0.0717. The van der Waals surface area contributed by atoms with Crippen molar-refractivity contribution in [2.75, 3.05) is 12.9 Å². The van der Waals surface area contributed by atoms with Gasteiger partial charge in [-0.15, -0.1) is 11.8 Å². The zero-order valence-corrected chi connectivity index (χ0v) is 16.1. The number of hydrogen-bond donors (Lipinski definition) is 0. The molecule has 2 aromatic carbocycles. The first-order chi connectivity index (χ1) is 13.2. The monoisotopic (exact) mass is 404 g/mol. The van der Waals surface area contributed by atoms with Crippen LogP contribution >= 0.6 is 23.4 Å². The summed E-state index contributed by atoms with van der Waals surface area (Å²) in [6.07, 6.45) is 0.253. The van der Waals surface area contributed by atoms with Crippen LogP contribution < -0.4 is 4.74 Å². The third kappa shape index (κ3) is 5.24. The highest BCUT2D eigenvalue weighted by Crippen LogP contribution is 2.28. The molecule has 0 atom stereocenters. The van der Waals surface area contributed by atoms with E-state index in [-0.39, 0.29) is 24.9 Å². The van der Waals surface area contributed by atoms with E-state index in [4.69, 9.17) is 25.6 Å². The maximum Gasteiger partial charge on any atom is 0.307 e. The average molecular weight is 405 g/mol. The van der Waals surface area contributed by atoms with E-state index in [1.54, 1.807) is 7.11 Å².